The predicted octanol–water partition coefficient (Wildman–Crippen LogP) is 4.36. The van der Waals surface area contributed by atoms with Crippen LogP contribution in [-0.4, -0.2) is 11.1 Å². The Kier molecular flexibility index (Phi) is 4.85. The van der Waals surface area contributed by atoms with Gasteiger partial charge in [0, 0.05) is 11.7 Å². The van der Waals surface area contributed by atoms with Crippen molar-refractivity contribution in [3.05, 3.63) is 59.7 Å². The fourth-order valence-corrected chi connectivity index (χ4v) is 2.30. The lowest BCUT2D eigenvalue weighted by Gasteiger charge is -2.09. The minimum atomic E-state index is -0.763. The molecule has 0 aliphatic rings. The minimum absolute atomic E-state index is 0.164. The molecule has 1 N–H and O–H groups in total. The number of aliphatic carboxylic acids is 1. The summed E-state index contributed by atoms with van der Waals surface area (Å²) in [4.78, 5) is 10.6. The van der Waals surface area contributed by atoms with Crippen LogP contribution < -0.4 is 0 Å². The Hall–Kier alpha value is -1.74. The maximum Gasteiger partial charge on any atom is 0.303 e. The summed E-state index contributed by atoms with van der Waals surface area (Å²) in [6, 6.07) is 16.3. The van der Waals surface area contributed by atoms with E-state index in [2.05, 4.69) is 36.9 Å². The molecule has 2 rings (SSSR count). The fourth-order valence-electron chi connectivity index (χ4n) is 2.14. The summed E-state index contributed by atoms with van der Waals surface area (Å²) in [6.45, 7) is 2.05. The highest BCUT2D eigenvalue weighted by atomic mass is 32.1. The molecular formula is C17H18O2S. The molecule has 0 saturated heterocycles. The number of hydrogen-bond donors (Lipinski definition) is 2. The van der Waals surface area contributed by atoms with Gasteiger partial charge in [0.2, 0.25) is 0 Å². The van der Waals surface area contributed by atoms with Crippen molar-refractivity contribution in [2.24, 2.45) is 0 Å². The molecule has 0 amide bonds. The van der Waals surface area contributed by atoms with E-state index in [0.717, 1.165) is 16.7 Å². The minimum Gasteiger partial charge on any atom is -0.481 e. The van der Waals surface area contributed by atoms with E-state index in [9.17, 15) is 4.79 Å². The van der Waals surface area contributed by atoms with Crippen molar-refractivity contribution < 1.29 is 9.90 Å². The zero-order valence-corrected chi connectivity index (χ0v) is 12.3. The summed E-state index contributed by atoms with van der Waals surface area (Å²) in [6.07, 6.45) is 0.725. The standard InChI is InChI=1S/C17H18O2S/c1-12(20)14-5-3-7-16(11-14)15-6-2-4-13(10-15)8-9-17(18)19/h2-7,10-12,20H,8-9H2,1H3,(H,18,19). The van der Waals surface area contributed by atoms with E-state index in [-0.39, 0.29) is 11.7 Å². The normalized spacial score (nSPS) is 12.1. The molecule has 1 atom stereocenters. The van der Waals surface area contributed by atoms with Gasteiger partial charge in [-0.25, -0.2) is 0 Å². The van der Waals surface area contributed by atoms with E-state index in [1.54, 1.807) is 0 Å². The zero-order chi connectivity index (χ0) is 14.5. The highest BCUT2D eigenvalue weighted by Gasteiger charge is 2.05. The van der Waals surface area contributed by atoms with E-state index in [1.807, 2.05) is 31.2 Å². The third-order valence-corrected chi connectivity index (χ3v) is 3.56. The Bertz CT molecular complexity index is 605. The first-order valence-corrected chi connectivity index (χ1v) is 7.17. The summed E-state index contributed by atoms with van der Waals surface area (Å²) in [7, 11) is 0. The monoisotopic (exact) mass is 286 g/mol. The second-order valence-electron chi connectivity index (χ2n) is 4.90. The number of carbonyl (C=O) groups is 1. The Morgan fingerprint density at radius 2 is 1.80 bits per heavy atom. The molecule has 0 fully saturated rings. The quantitative estimate of drug-likeness (QED) is 0.801. The third kappa shape index (κ3) is 3.87. The molecule has 104 valence electrons. The first kappa shape index (κ1) is 14.7. The van der Waals surface area contributed by atoms with Crippen LogP contribution in [-0.2, 0) is 11.2 Å². The smallest absolute Gasteiger partial charge is 0.303 e. The molecule has 0 radical (unpaired) electrons. The molecular weight excluding hydrogens is 268 g/mol. The number of benzene rings is 2. The van der Waals surface area contributed by atoms with Gasteiger partial charge in [0.25, 0.3) is 0 Å². The summed E-state index contributed by atoms with van der Waals surface area (Å²) in [5.41, 5.74) is 4.49. The molecule has 2 aromatic carbocycles. The van der Waals surface area contributed by atoms with Gasteiger partial charge in [-0.2, -0.15) is 12.6 Å². The van der Waals surface area contributed by atoms with Crippen LogP contribution in [0.15, 0.2) is 48.5 Å². The van der Waals surface area contributed by atoms with Crippen LogP contribution in [0.4, 0.5) is 0 Å². The van der Waals surface area contributed by atoms with Crippen LogP contribution in [0.25, 0.3) is 11.1 Å². The van der Waals surface area contributed by atoms with Gasteiger partial charge in [0.1, 0.15) is 0 Å². The molecule has 0 aliphatic carbocycles. The van der Waals surface area contributed by atoms with Gasteiger partial charge in [-0.3, -0.25) is 4.79 Å². The first-order chi connectivity index (χ1) is 9.56. The van der Waals surface area contributed by atoms with E-state index < -0.39 is 5.97 Å². The average Bonchev–Trinajstić information content (AvgIpc) is 2.45. The van der Waals surface area contributed by atoms with Crippen LogP contribution in [0.5, 0.6) is 0 Å². The van der Waals surface area contributed by atoms with Crippen LogP contribution in [0.2, 0.25) is 0 Å². The van der Waals surface area contributed by atoms with E-state index in [4.69, 9.17) is 5.11 Å². The number of thiol groups is 1. The van der Waals surface area contributed by atoms with Crippen molar-refractivity contribution in [1.29, 1.82) is 0 Å². The fraction of sp³-hybridized carbons (Fsp3) is 0.235. The van der Waals surface area contributed by atoms with Crippen molar-refractivity contribution in [3.8, 4) is 11.1 Å². The summed E-state index contributed by atoms with van der Waals surface area (Å²) < 4.78 is 0. The van der Waals surface area contributed by atoms with Gasteiger partial charge in [0.15, 0.2) is 0 Å². The van der Waals surface area contributed by atoms with Crippen LogP contribution in [0.1, 0.15) is 29.7 Å². The lowest BCUT2D eigenvalue weighted by Crippen LogP contribution is -1.97. The second-order valence-corrected chi connectivity index (χ2v) is 5.67. The summed E-state index contributed by atoms with van der Waals surface area (Å²) >= 11 is 4.46. The van der Waals surface area contributed by atoms with Crippen LogP contribution in [0, 0.1) is 0 Å². The van der Waals surface area contributed by atoms with Gasteiger partial charge < -0.3 is 5.11 Å². The lowest BCUT2D eigenvalue weighted by atomic mass is 9.99. The molecule has 2 aromatic rings. The number of rotatable bonds is 5. The molecule has 3 heteroatoms. The SMILES string of the molecule is CC(S)c1cccc(-c2cccc(CCC(=O)O)c2)c1. The summed E-state index contributed by atoms with van der Waals surface area (Å²) in [5.74, 6) is -0.763. The maximum atomic E-state index is 10.6. The van der Waals surface area contributed by atoms with Crippen molar-refractivity contribution >= 4 is 18.6 Å². The Morgan fingerprint density at radius 3 is 2.45 bits per heavy atom. The molecule has 0 saturated carbocycles. The Labute approximate surface area is 124 Å². The van der Waals surface area contributed by atoms with E-state index in [0.29, 0.717) is 6.42 Å². The topological polar surface area (TPSA) is 37.3 Å². The lowest BCUT2D eigenvalue weighted by molar-refractivity contribution is -0.136. The molecule has 2 nitrogen and oxygen atoms in total. The Balaban J connectivity index is 2.26. The second kappa shape index (κ2) is 6.62. The highest BCUT2D eigenvalue weighted by molar-refractivity contribution is 7.80. The van der Waals surface area contributed by atoms with Crippen molar-refractivity contribution in [2.45, 2.75) is 25.0 Å². The number of hydrogen-bond acceptors (Lipinski definition) is 2. The maximum absolute atomic E-state index is 10.6. The van der Waals surface area contributed by atoms with Gasteiger partial charge in [-0.05, 0) is 35.6 Å². The van der Waals surface area contributed by atoms with Crippen LogP contribution in [0.3, 0.4) is 0 Å². The van der Waals surface area contributed by atoms with E-state index >= 15 is 0 Å². The van der Waals surface area contributed by atoms with Gasteiger partial charge in [0.05, 0.1) is 0 Å². The van der Waals surface area contributed by atoms with Crippen molar-refractivity contribution in [1.82, 2.24) is 0 Å². The molecule has 0 aromatic heterocycles. The van der Waals surface area contributed by atoms with Crippen LogP contribution >= 0.6 is 12.6 Å². The van der Waals surface area contributed by atoms with Crippen molar-refractivity contribution in [3.63, 3.8) is 0 Å². The number of carboxylic acid groups (broad SMARTS) is 1. The largest absolute Gasteiger partial charge is 0.481 e. The molecule has 0 bridgehead atoms. The van der Waals surface area contributed by atoms with Gasteiger partial charge in [-0.1, -0.05) is 48.5 Å². The average molecular weight is 286 g/mol. The molecule has 20 heavy (non-hydrogen) atoms. The van der Waals surface area contributed by atoms with E-state index in [1.165, 1.54) is 5.56 Å². The molecule has 0 heterocycles. The summed E-state index contributed by atoms with van der Waals surface area (Å²) in [5, 5.41) is 8.95. The number of aryl methyl sites for hydroxylation is 1. The zero-order valence-electron chi connectivity index (χ0n) is 11.4. The first-order valence-electron chi connectivity index (χ1n) is 6.65. The molecule has 0 spiro atoms. The molecule has 1 unspecified atom stereocenters. The van der Waals surface area contributed by atoms with Crippen molar-refractivity contribution in [2.75, 3.05) is 0 Å². The van der Waals surface area contributed by atoms with Gasteiger partial charge in [-0.15, -0.1) is 0 Å². The highest BCUT2D eigenvalue weighted by Crippen LogP contribution is 2.26. The molecule has 0 aliphatic heterocycles. The Morgan fingerprint density at radius 1 is 1.15 bits per heavy atom. The predicted molar refractivity (Wildman–Crippen MR) is 85.2 cm³/mol. The number of carboxylic acids is 1. The van der Waals surface area contributed by atoms with Gasteiger partial charge >= 0.3 is 5.97 Å². The third-order valence-electron chi connectivity index (χ3n) is 3.26.